The van der Waals surface area contributed by atoms with E-state index in [4.69, 9.17) is 5.73 Å². The third-order valence-corrected chi connectivity index (χ3v) is 4.77. The second-order valence-electron chi connectivity index (χ2n) is 5.61. The van der Waals surface area contributed by atoms with Crippen molar-refractivity contribution in [1.82, 2.24) is 0 Å². The Kier molecular flexibility index (Phi) is 6.20. The average molecular weight is 295 g/mol. The van der Waals surface area contributed by atoms with Gasteiger partial charge < -0.3 is 11.1 Å². The highest BCUT2D eigenvalue weighted by Crippen LogP contribution is 2.12. The third-order valence-electron chi connectivity index (χ3n) is 2.85. The number of aliphatic imine (C=N–C) groups is 1. The van der Waals surface area contributed by atoms with E-state index in [0.717, 1.165) is 12.1 Å². The van der Waals surface area contributed by atoms with Crippen LogP contribution < -0.4 is 11.1 Å². The molecule has 0 radical (unpaired) electrons. The molecule has 0 aliphatic rings. The molecular formula is C15H25N3OS. The predicted octanol–water partition coefficient (Wildman–Crippen LogP) is 2.52. The van der Waals surface area contributed by atoms with Gasteiger partial charge in [0.1, 0.15) is 0 Å². The van der Waals surface area contributed by atoms with Crippen LogP contribution in [-0.2, 0) is 17.2 Å². The number of nitrogens with one attached hydrogen (secondary N) is 1. The summed E-state index contributed by atoms with van der Waals surface area (Å²) in [7, 11) is -0.896. The van der Waals surface area contributed by atoms with Crippen LogP contribution in [0.4, 0.5) is 5.69 Å². The molecular weight excluding hydrogens is 270 g/mol. The first-order valence-corrected chi connectivity index (χ1v) is 8.19. The number of rotatable bonds is 5. The van der Waals surface area contributed by atoms with Crippen molar-refractivity contribution in [3.8, 4) is 0 Å². The van der Waals surface area contributed by atoms with Gasteiger partial charge in [-0.25, -0.2) is 0 Å². The summed E-state index contributed by atoms with van der Waals surface area (Å²) in [5, 5.41) is 3.06. The molecule has 0 saturated carbocycles. The maximum atomic E-state index is 11.9. The molecule has 1 aromatic rings. The number of anilines is 1. The number of aryl methyl sites for hydroxylation is 1. The van der Waals surface area contributed by atoms with E-state index in [-0.39, 0.29) is 4.75 Å². The van der Waals surface area contributed by atoms with E-state index >= 15 is 0 Å². The molecule has 0 aliphatic carbocycles. The molecule has 4 nitrogen and oxygen atoms in total. The molecule has 3 N–H and O–H groups in total. The lowest BCUT2D eigenvalue weighted by atomic mass is 10.1. The van der Waals surface area contributed by atoms with Crippen molar-refractivity contribution < 1.29 is 4.21 Å². The molecule has 0 bridgehead atoms. The van der Waals surface area contributed by atoms with Crippen molar-refractivity contribution in [3.63, 3.8) is 0 Å². The highest BCUT2D eigenvalue weighted by atomic mass is 32.2. The zero-order valence-corrected chi connectivity index (χ0v) is 13.6. The Morgan fingerprint density at radius 1 is 1.40 bits per heavy atom. The lowest BCUT2D eigenvalue weighted by Gasteiger charge is -2.16. The van der Waals surface area contributed by atoms with Gasteiger partial charge in [-0.05, 0) is 44.9 Å². The second kappa shape index (κ2) is 7.43. The van der Waals surface area contributed by atoms with E-state index in [9.17, 15) is 4.21 Å². The number of nitrogens with two attached hydrogens (primary N) is 1. The van der Waals surface area contributed by atoms with Crippen LogP contribution in [0, 0.1) is 0 Å². The number of hydrogen-bond acceptors (Lipinski definition) is 2. The highest BCUT2D eigenvalue weighted by molar-refractivity contribution is 7.86. The summed E-state index contributed by atoms with van der Waals surface area (Å²) in [6, 6.07) is 8.07. The molecule has 112 valence electrons. The van der Waals surface area contributed by atoms with Crippen LogP contribution in [0.2, 0.25) is 0 Å². The fraction of sp³-hybridized carbons (Fsp3) is 0.533. The molecule has 0 fully saturated rings. The van der Waals surface area contributed by atoms with Crippen LogP contribution >= 0.6 is 0 Å². The van der Waals surface area contributed by atoms with Crippen molar-refractivity contribution in [2.24, 2.45) is 10.7 Å². The molecule has 1 unspecified atom stereocenters. The summed E-state index contributed by atoms with van der Waals surface area (Å²) < 4.78 is 11.7. The highest BCUT2D eigenvalue weighted by Gasteiger charge is 2.18. The van der Waals surface area contributed by atoms with Crippen LogP contribution in [0.5, 0.6) is 0 Å². The Labute approximate surface area is 124 Å². The summed E-state index contributed by atoms with van der Waals surface area (Å²) in [5.74, 6) is 0.894. The minimum atomic E-state index is -0.896. The lowest BCUT2D eigenvalue weighted by molar-refractivity contribution is 0.648. The molecule has 0 aromatic heterocycles. The van der Waals surface area contributed by atoms with E-state index in [1.165, 1.54) is 5.56 Å². The minimum absolute atomic E-state index is 0.201. The fourth-order valence-corrected chi connectivity index (χ4v) is 2.48. The molecule has 1 atom stereocenters. The van der Waals surface area contributed by atoms with Crippen molar-refractivity contribution >= 4 is 22.4 Å². The largest absolute Gasteiger partial charge is 0.370 e. The molecule has 20 heavy (non-hydrogen) atoms. The lowest BCUT2D eigenvalue weighted by Crippen LogP contribution is -2.27. The zero-order chi connectivity index (χ0) is 15.2. The fourth-order valence-electron chi connectivity index (χ4n) is 1.61. The maximum absolute atomic E-state index is 11.9. The Balaban J connectivity index is 2.51. The summed E-state index contributed by atoms with van der Waals surface area (Å²) >= 11 is 0. The molecule has 1 aromatic carbocycles. The van der Waals surface area contributed by atoms with Crippen molar-refractivity contribution in [3.05, 3.63) is 29.8 Å². The van der Waals surface area contributed by atoms with Gasteiger partial charge in [0.2, 0.25) is 0 Å². The van der Waals surface area contributed by atoms with Gasteiger partial charge in [0.15, 0.2) is 5.96 Å². The van der Waals surface area contributed by atoms with Gasteiger partial charge in [0, 0.05) is 27.0 Å². The average Bonchev–Trinajstić information content (AvgIpc) is 2.37. The third kappa shape index (κ3) is 5.74. The first-order chi connectivity index (χ1) is 9.32. The van der Waals surface area contributed by atoms with E-state index in [1.54, 1.807) is 0 Å². The first-order valence-electron chi connectivity index (χ1n) is 6.87. The maximum Gasteiger partial charge on any atom is 0.193 e. The molecule has 1 rings (SSSR count). The van der Waals surface area contributed by atoms with Crippen molar-refractivity contribution in [2.75, 3.05) is 17.6 Å². The minimum Gasteiger partial charge on any atom is -0.370 e. The quantitative estimate of drug-likeness (QED) is 0.648. The van der Waals surface area contributed by atoms with Gasteiger partial charge in [-0.3, -0.25) is 9.20 Å². The number of benzene rings is 1. The second-order valence-corrected chi connectivity index (χ2v) is 7.93. The first kappa shape index (κ1) is 16.7. The van der Waals surface area contributed by atoms with E-state index in [0.29, 0.717) is 18.3 Å². The molecule has 0 spiro atoms. The number of hydrogen-bond donors (Lipinski definition) is 2. The topological polar surface area (TPSA) is 67.5 Å². The summed E-state index contributed by atoms with van der Waals surface area (Å²) in [6.45, 7) is 8.47. The van der Waals surface area contributed by atoms with E-state index in [1.807, 2.05) is 32.9 Å². The van der Waals surface area contributed by atoms with Crippen LogP contribution in [0.3, 0.4) is 0 Å². The summed E-state index contributed by atoms with van der Waals surface area (Å²) in [6.07, 6.45) is 0.983. The van der Waals surface area contributed by atoms with E-state index in [2.05, 4.69) is 29.4 Å². The Morgan fingerprint density at radius 3 is 2.70 bits per heavy atom. The number of guanidine groups is 1. The van der Waals surface area contributed by atoms with Crippen LogP contribution in [-0.4, -0.2) is 27.2 Å². The van der Waals surface area contributed by atoms with Gasteiger partial charge >= 0.3 is 0 Å². The monoisotopic (exact) mass is 295 g/mol. The molecule has 0 heterocycles. The number of nitrogens with zero attached hydrogens (tertiary/aromatic N) is 1. The Morgan fingerprint density at radius 2 is 2.10 bits per heavy atom. The van der Waals surface area contributed by atoms with Crippen molar-refractivity contribution in [2.45, 2.75) is 38.9 Å². The molecule has 5 heteroatoms. The Hall–Kier alpha value is -1.36. The van der Waals surface area contributed by atoms with Gasteiger partial charge in [-0.15, -0.1) is 0 Å². The molecule has 0 amide bonds. The van der Waals surface area contributed by atoms with Crippen LogP contribution in [0.1, 0.15) is 33.3 Å². The summed E-state index contributed by atoms with van der Waals surface area (Å²) in [5.41, 5.74) is 8.01. The van der Waals surface area contributed by atoms with E-state index < -0.39 is 10.8 Å². The molecule has 0 aliphatic heterocycles. The SMILES string of the molecule is CCc1cccc(NC(N)=NCCS(=O)C(C)(C)C)c1. The smallest absolute Gasteiger partial charge is 0.193 e. The zero-order valence-electron chi connectivity index (χ0n) is 12.8. The Bertz CT molecular complexity index is 492. The standard InChI is InChI=1S/C15H25N3OS/c1-5-12-7-6-8-13(11-12)18-14(16)17-9-10-20(19)15(2,3)4/h6-8,11H,5,9-10H2,1-4H3,(H3,16,17,18). The van der Waals surface area contributed by atoms with Crippen LogP contribution in [0.15, 0.2) is 29.3 Å². The normalized spacial score (nSPS) is 14.1. The van der Waals surface area contributed by atoms with Crippen molar-refractivity contribution in [1.29, 1.82) is 0 Å². The van der Waals surface area contributed by atoms with Gasteiger partial charge in [0.05, 0.1) is 6.54 Å². The van der Waals surface area contributed by atoms with Gasteiger partial charge in [-0.2, -0.15) is 0 Å². The van der Waals surface area contributed by atoms with Crippen LogP contribution in [0.25, 0.3) is 0 Å². The van der Waals surface area contributed by atoms with Gasteiger partial charge in [-0.1, -0.05) is 19.1 Å². The summed E-state index contributed by atoms with van der Waals surface area (Å²) in [4.78, 5) is 4.22. The predicted molar refractivity (Wildman–Crippen MR) is 88.7 cm³/mol. The molecule has 0 saturated heterocycles. The van der Waals surface area contributed by atoms with Gasteiger partial charge in [0.25, 0.3) is 0 Å².